The van der Waals surface area contributed by atoms with Crippen LogP contribution in [0.25, 0.3) is 0 Å². The van der Waals surface area contributed by atoms with Crippen molar-refractivity contribution < 1.29 is 4.79 Å². The number of hydrogen-bond acceptors (Lipinski definition) is 4. The Morgan fingerprint density at radius 1 is 1.45 bits per heavy atom. The number of carbonyl (C=O) groups excluding carboxylic acids is 1. The Hall–Kier alpha value is -1.43. The third-order valence-corrected chi connectivity index (χ3v) is 4.02. The van der Waals surface area contributed by atoms with Crippen LogP contribution in [0.4, 0.5) is 0 Å². The quantitative estimate of drug-likeness (QED) is 0.886. The molecule has 2 rings (SSSR count). The number of rotatable bonds is 5. The van der Waals surface area contributed by atoms with Gasteiger partial charge in [0.05, 0.1) is 0 Å². The molecule has 1 N–H and O–H groups in total. The summed E-state index contributed by atoms with van der Waals surface area (Å²) < 4.78 is 0. The highest BCUT2D eigenvalue weighted by atomic mass is 16.2. The molecule has 1 atom stereocenters. The van der Waals surface area contributed by atoms with Gasteiger partial charge in [-0.05, 0) is 19.5 Å². The molecule has 0 saturated carbocycles. The van der Waals surface area contributed by atoms with Gasteiger partial charge in [0.25, 0.3) is 5.91 Å². The molecule has 112 valence electrons. The van der Waals surface area contributed by atoms with Gasteiger partial charge in [-0.2, -0.15) is 0 Å². The lowest BCUT2D eigenvalue weighted by Crippen LogP contribution is -2.38. The van der Waals surface area contributed by atoms with E-state index < -0.39 is 0 Å². The van der Waals surface area contributed by atoms with Crippen LogP contribution in [0, 0.1) is 0 Å². The molecule has 6 nitrogen and oxygen atoms in total. The highest BCUT2D eigenvalue weighted by molar-refractivity contribution is 5.90. The fourth-order valence-electron chi connectivity index (χ4n) is 2.73. The van der Waals surface area contributed by atoms with Gasteiger partial charge in [-0.3, -0.25) is 14.8 Å². The van der Waals surface area contributed by atoms with E-state index in [9.17, 15) is 4.79 Å². The minimum Gasteiger partial charge on any atom is -0.334 e. The minimum atomic E-state index is -0.0530. The van der Waals surface area contributed by atoms with E-state index in [1.54, 1.807) is 0 Å². The molecule has 2 heterocycles. The van der Waals surface area contributed by atoms with Crippen molar-refractivity contribution in [1.29, 1.82) is 0 Å². The molecule has 1 aromatic heterocycles. The summed E-state index contributed by atoms with van der Waals surface area (Å²) in [5.41, 5.74) is 0. The van der Waals surface area contributed by atoms with E-state index in [1.165, 1.54) is 0 Å². The Morgan fingerprint density at radius 3 is 2.70 bits per heavy atom. The van der Waals surface area contributed by atoms with E-state index in [0.717, 1.165) is 38.4 Å². The molecule has 1 aliphatic rings. The first-order valence-electron chi connectivity index (χ1n) is 7.52. The molecular formula is C14H25N5O. The van der Waals surface area contributed by atoms with Crippen LogP contribution >= 0.6 is 0 Å². The standard InChI is InChI=1S/C14H25N5O/c1-5-18(6-2)11-7-8-19(9-11)14(20)13-15-12(10(3)4)16-17-13/h10-11H,5-9H2,1-4H3,(H,15,16,17). The van der Waals surface area contributed by atoms with E-state index in [-0.39, 0.29) is 11.8 Å². The van der Waals surface area contributed by atoms with Crippen molar-refractivity contribution in [3.63, 3.8) is 0 Å². The van der Waals surface area contributed by atoms with Gasteiger partial charge in [0.15, 0.2) is 0 Å². The highest BCUT2D eigenvalue weighted by Gasteiger charge is 2.31. The Bertz CT molecular complexity index is 452. The van der Waals surface area contributed by atoms with Gasteiger partial charge in [0, 0.05) is 25.0 Å². The van der Waals surface area contributed by atoms with Crippen LogP contribution in [-0.4, -0.2) is 63.1 Å². The van der Waals surface area contributed by atoms with Crippen molar-refractivity contribution >= 4 is 5.91 Å². The lowest BCUT2D eigenvalue weighted by molar-refractivity contribution is 0.0766. The number of aromatic amines is 1. The fourth-order valence-corrected chi connectivity index (χ4v) is 2.73. The zero-order valence-electron chi connectivity index (χ0n) is 12.9. The molecule has 0 bridgehead atoms. The fraction of sp³-hybridized carbons (Fsp3) is 0.786. The number of amides is 1. The van der Waals surface area contributed by atoms with Crippen LogP contribution in [0.15, 0.2) is 0 Å². The molecule has 1 fully saturated rings. The molecule has 20 heavy (non-hydrogen) atoms. The summed E-state index contributed by atoms with van der Waals surface area (Å²) in [4.78, 5) is 21.0. The first kappa shape index (κ1) is 15.0. The van der Waals surface area contributed by atoms with Crippen LogP contribution in [0.1, 0.15) is 56.5 Å². The zero-order valence-corrected chi connectivity index (χ0v) is 12.9. The Morgan fingerprint density at radius 2 is 2.15 bits per heavy atom. The maximum absolute atomic E-state index is 12.4. The number of carbonyl (C=O) groups is 1. The van der Waals surface area contributed by atoms with Crippen molar-refractivity contribution in [2.24, 2.45) is 0 Å². The molecule has 1 amide bonds. The van der Waals surface area contributed by atoms with Gasteiger partial charge in [-0.1, -0.05) is 27.7 Å². The second kappa shape index (κ2) is 6.35. The van der Waals surface area contributed by atoms with E-state index in [2.05, 4.69) is 33.9 Å². The second-order valence-electron chi connectivity index (χ2n) is 5.61. The van der Waals surface area contributed by atoms with Crippen LogP contribution in [0.2, 0.25) is 0 Å². The predicted octanol–water partition coefficient (Wildman–Crippen LogP) is 1.48. The van der Waals surface area contributed by atoms with Crippen molar-refractivity contribution in [1.82, 2.24) is 25.0 Å². The summed E-state index contributed by atoms with van der Waals surface area (Å²) in [6, 6.07) is 0.470. The molecule has 0 aliphatic carbocycles. The highest BCUT2D eigenvalue weighted by Crippen LogP contribution is 2.17. The molecule has 1 unspecified atom stereocenters. The second-order valence-corrected chi connectivity index (χ2v) is 5.61. The van der Waals surface area contributed by atoms with Gasteiger partial charge < -0.3 is 4.90 Å². The summed E-state index contributed by atoms with van der Waals surface area (Å²) in [6.45, 7) is 12.0. The minimum absolute atomic E-state index is 0.0530. The lowest BCUT2D eigenvalue weighted by atomic mass is 10.2. The monoisotopic (exact) mass is 279 g/mol. The number of likely N-dealkylation sites (N-methyl/N-ethyl adjacent to an activating group) is 1. The smallest absolute Gasteiger partial charge is 0.293 e. The summed E-state index contributed by atoms with van der Waals surface area (Å²) in [7, 11) is 0. The van der Waals surface area contributed by atoms with E-state index in [0.29, 0.717) is 11.9 Å². The summed E-state index contributed by atoms with van der Waals surface area (Å²) >= 11 is 0. The predicted molar refractivity (Wildman–Crippen MR) is 77.7 cm³/mol. The van der Waals surface area contributed by atoms with Crippen molar-refractivity contribution in [2.75, 3.05) is 26.2 Å². The average molecular weight is 279 g/mol. The molecule has 0 spiro atoms. The van der Waals surface area contributed by atoms with Crippen LogP contribution in [0.5, 0.6) is 0 Å². The Balaban J connectivity index is 2.00. The van der Waals surface area contributed by atoms with Crippen molar-refractivity contribution in [2.45, 2.75) is 46.1 Å². The number of nitrogens with zero attached hydrogens (tertiary/aromatic N) is 4. The zero-order chi connectivity index (χ0) is 14.7. The summed E-state index contributed by atoms with van der Waals surface area (Å²) in [6.07, 6.45) is 1.04. The number of H-pyrrole nitrogens is 1. The third-order valence-electron chi connectivity index (χ3n) is 4.02. The van der Waals surface area contributed by atoms with Gasteiger partial charge >= 0.3 is 0 Å². The number of aromatic nitrogens is 3. The molecule has 0 aromatic carbocycles. The summed E-state index contributed by atoms with van der Waals surface area (Å²) in [5, 5.41) is 6.90. The Labute approximate surface area is 120 Å². The van der Waals surface area contributed by atoms with Gasteiger partial charge in [0.1, 0.15) is 5.82 Å². The molecule has 1 saturated heterocycles. The number of nitrogens with one attached hydrogen (secondary N) is 1. The van der Waals surface area contributed by atoms with E-state index >= 15 is 0 Å². The van der Waals surface area contributed by atoms with Gasteiger partial charge in [-0.25, -0.2) is 4.98 Å². The summed E-state index contributed by atoms with van der Waals surface area (Å²) in [5.74, 6) is 1.27. The molecular weight excluding hydrogens is 254 g/mol. The van der Waals surface area contributed by atoms with E-state index in [4.69, 9.17) is 0 Å². The van der Waals surface area contributed by atoms with E-state index in [1.807, 2.05) is 18.7 Å². The molecule has 0 radical (unpaired) electrons. The lowest BCUT2D eigenvalue weighted by Gasteiger charge is -2.25. The molecule has 1 aromatic rings. The van der Waals surface area contributed by atoms with Gasteiger partial charge in [-0.15, -0.1) is 5.10 Å². The first-order valence-corrected chi connectivity index (χ1v) is 7.52. The number of hydrogen-bond donors (Lipinski definition) is 1. The van der Waals surface area contributed by atoms with Crippen LogP contribution in [0.3, 0.4) is 0 Å². The average Bonchev–Trinajstić information content (AvgIpc) is 3.09. The maximum Gasteiger partial charge on any atom is 0.293 e. The number of likely N-dealkylation sites (tertiary alicyclic amines) is 1. The SMILES string of the molecule is CCN(CC)C1CCN(C(=O)c2n[nH]c(C(C)C)n2)C1. The molecule has 6 heteroatoms. The Kier molecular flexibility index (Phi) is 4.75. The third kappa shape index (κ3) is 3.00. The first-order chi connectivity index (χ1) is 9.56. The van der Waals surface area contributed by atoms with Crippen molar-refractivity contribution in [3.05, 3.63) is 11.6 Å². The largest absolute Gasteiger partial charge is 0.334 e. The van der Waals surface area contributed by atoms with Crippen LogP contribution < -0.4 is 0 Å². The normalized spacial score (nSPS) is 19.3. The van der Waals surface area contributed by atoms with Gasteiger partial charge in [0.2, 0.25) is 5.82 Å². The molecule has 1 aliphatic heterocycles. The van der Waals surface area contributed by atoms with Crippen LogP contribution in [-0.2, 0) is 0 Å². The topological polar surface area (TPSA) is 65.1 Å². The van der Waals surface area contributed by atoms with Crippen molar-refractivity contribution in [3.8, 4) is 0 Å². The maximum atomic E-state index is 12.4.